The van der Waals surface area contributed by atoms with Crippen molar-refractivity contribution in [2.24, 2.45) is 5.92 Å². The molecule has 0 aliphatic carbocycles. The third kappa shape index (κ3) is 3.69. The lowest BCUT2D eigenvalue weighted by atomic mass is 9.95. The zero-order chi connectivity index (χ0) is 17.1. The van der Waals surface area contributed by atoms with Gasteiger partial charge in [-0.15, -0.1) is 0 Å². The van der Waals surface area contributed by atoms with E-state index in [1.54, 1.807) is 0 Å². The highest BCUT2D eigenvalue weighted by Gasteiger charge is 2.31. The van der Waals surface area contributed by atoms with E-state index in [4.69, 9.17) is 4.74 Å². The minimum atomic E-state index is -0.0458. The highest BCUT2D eigenvalue weighted by atomic mass is 16.5. The number of amides is 1. The average molecular weight is 336 g/mol. The zero-order valence-corrected chi connectivity index (χ0v) is 14.4. The van der Waals surface area contributed by atoms with E-state index in [2.05, 4.69) is 35.2 Å². The molecule has 1 amide bonds. The van der Waals surface area contributed by atoms with Crippen molar-refractivity contribution in [1.29, 1.82) is 0 Å². The van der Waals surface area contributed by atoms with Crippen LogP contribution in [-0.4, -0.2) is 48.5 Å². The molecule has 0 unspecified atom stereocenters. The highest BCUT2D eigenvalue weighted by Crippen LogP contribution is 2.28. The van der Waals surface area contributed by atoms with Crippen LogP contribution in [0.15, 0.2) is 54.6 Å². The quantitative estimate of drug-likeness (QED) is 0.864. The molecule has 130 valence electrons. The summed E-state index contributed by atoms with van der Waals surface area (Å²) in [6.07, 6.45) is 0.791. The molecule has 1 atom stereocenters. The van der Waals surface area contributed by atoms with Gasteiger partial charge in [0.05, 0.1) is 5.92 Å². The molecule has 0 radical (unpaired) electrons. The third-order valence-corrected chi connectivity index (χ3v) is 5.16. The van der Waals surface area contributed by atoms with Gasteiger partial charge in [-0.25, -0.2) is 0 Å². The maximum atomic E-state index is 12.9. The summed E-state index contributed by atoms with van der Waals surface area (Å²) < 4.78 is 5.79. The summed E-state index contributed by atoms with van der Waals surface area (Å²) in [6, 6.07) is 18.6. The second-order valence-corrected chi connectivity index (χ2v) is 6.91. The van der Waals surface area contributed by atoms with E-state index in [0.717, 1.165) is 50.5 Å². The Balaban J connectivity index is 1.31. The first-order valence-electron chi connectivity index (χ1n) is 9.05. The van der Waals surface area contributed by atoms with Gasteiger partial charge in [0.25, 0.3) is 0 Å². The number of benzene rings is 2. The van der Waals surface area contributed by atoms with Gasteiger partial charge in [-0.2, -0.15) is 0 Å². The van der Waals surface area contributed by atoms with Crippen LogP contribution < -0.4 is 4.74 Å². The molecule has 0 spiro atoms. The van der Waals surface area contributed by atoms with Crippen molar-refractivity contribution in [2.45, 2.75) is 13.0 Å². The lowest BCUT2D eigenvalue weighted by Crippen LogP contribution is -2.51. The SMILES string of the molecule is O=C([C@H]1COc2ccccc2C1)N1CCN(Cc2ccccc2)CC1. The largest absolute Gasteiger partial charge is 0.492 e. The number of ether oxygens (including phenoxy) is 1. The van der Waals surface area contributed by atoms with Gasteiger partial charge < -0.3 is 9.64 Å². The fraction of sp³-hybridized carbons (Fsp3) is 0.381. The Morgan fingerprint density at radius 2 is 1.68 bits per heavy atom. The predicted octanol–water partition coefficient (Wildman–Crippen LogP) is 2.58. The summed E-state index contributed by atoms with van der Waals surface area (Å²) in [6.45, 7) is 4.95. The predicted molar refractivity (Wildman–Crippen MR) is 97.4 cm³/mol. The number of hydrogen-bond donors (Lipinski definition) is 0. The summed E-state index contributed by atoms with van der Waals surface area (Å²) in [4.78, 5) is 17.3. The Bertz CT molecular complexity index is 724. The Hall–Kier alpha value is -2.33. The van der Waals surface area contributed by atoms with E-state index in [-0.39, 0.29) is 11.8 Å². The Morgan fingerprint density at radius 3 is 2.48 bits per heavy atom. The second-order valence-electron chi connectivity index (χ2n) is 6.91. The fourth-order valence-corrected chi connectivity index (χ4v) is 3.71. The van der Waals surface area contributed by atoms with Crippen LogP contribution in [0.2, 0.25) is 0 Å². The maximum absolute atomic E-state index is 12.9. The average Bonchev–Trinajstić information content (AvgIpc) is 2.68. The molecule has 2 aromatic carbocycles. The van der Waals surface area contributed by atoms with Gasteiger partial charge in [0.15, 0.2) is 0 Å². The van der Waals surface area contributed by atoms with Gasteiger partial charge >= 0.3 is 0 Å². The molecule has 2 aromatic rings. The molecule has 2 heterocycles. The first kappa shape index (κ1) is 16.2. The van der Waals surface area contributed by atoms with E-state index in [1.165, 1.54) is 5.56 Å². The van der Waals surface area contributed by atoms with Crippen LogP contribution in [0.5, 0.6) is 5.75 Å². The molecule has 4 nitrogen and oxygen atoms in total. The molecule has 0 bridgehead atoms. The monoisotopic (exact) mass is 336 g/mol. The molecule has 4 rings (SSSR count). The van der Waals surface area contributed by atoms with Crippen molar-refractivity contribution in [2.75, 3.05) is 32.8 Å². The van der Waals surface area contributed by atoms with Gasteiger partial charge in [0.2, 0.25) is 5.91 Å². The van der Waals surface area contributed by atoms with Crippen molar-refractivity contribution < 1.29 is 9.53 Å². The number of hydrogen-bond acceptors (Lipinski definition) is 3. The van der Waals surface area contributed by atoms with Crippen molar-refractivity contribution in [1.82, 2.24) is 9.80 Å². The Kier molecular flexibility index (Phi) is 4.70. The summed E-state index contributed by atoms with van der Waals surface area (Å²) >= 11 is 0. The van der Waals surface area contributed by atoms with Gasteiger partial charge in [0.1, 0.15) is 12.4 Å². The molecule has 1 fully saturated rings. The number of piperazine rings is 1. The molecule has 0 aromatic heterocycles. The third-order valence-electron chi connectivity index (χ3n) is 5.16. The van der Waals surface area contributed by atoms with Crippen LogP contribution >= 0.6 is 0 Å². The molecule has 4 heteroatoms. The number of carbonyl (C=O) groups excluding carboxylic acids is 1. The summed E-state index contributed by atoms with van der Waals surface area (Å²) in [5.41, 5.74) is 2.48. The minimum Gasteiger partial charge on any atom is -0.492 e. The first-order chi connectivity index (χ1) is 12.3. The summed E-state index contributed by atoms with van der Waals surface area (Å²) in [5.74, 6) is 1.13. The van der Waals surface area contributed by atoms with Crippen molar-refractivity contribution in [3.05, 3.63) is 65.7 Å². The van der Waals surface area contributed by atoms with Gasteiger partial charge in [-0.05, 0) is 23.6 Å². The molecule has 1 saturated heterocycles. The normalized spacial score (nSPS) is 20.6. The first-order valence-corrected chi connectivity index (χ1v) is 9.05. The lowest BCUT2D eigenvalue weighted by Gasteiger charge is -2.37. The van der Waals surface area contributed by atoms with Gasteiger partial charge in [0, 0.05) is 32.7 Å². The standard InChI is InChI=1S/C21H24N2O2/c24-21(19-14-18-8-4-5-9-20(18)25-16-19)23-12-10-22(11-13-23)15-17-6-2-1-3-7-17/h1-9,19H,10-16H2/t19-/m1/s1. The molecular formula is C21H24N2O2. The van der Waals surface area contributed by atoms with Crippen LogP contribution in [-0.2, 0) is 17.8 Å². The molecule has 25 heavy (non-hydrogen) atoms. The topological polar surface area (TPSA) is 32.8 Å². The fourth-order valence-electron chi connectivity index (χ4n) is 3.71. The zero-order valence-electron chi connectivity index (χ0n) is 14.4. The number of rotatable bonds is 3. The van der Waals surface area contributed by atoms with E-state index < -0.39 is 0 Å². The van der Waals surface area contributed by atoms with Crippen LogP contribution in [0.25, 0.3) is 0 Å². The van der Waals surface area contributed by atoms with Crippen LogP contribution in [0.1, 0.15) is 11.1 Å². The molecule has 0 saturated carbocycles. The van der Waals surface area contributed by atoms with E-state index in [0.29, 0.717) is 6.61 Å². The van der Waals surface area contributed by atoms with Crippen molar-refractivity contribution in [3.63, 3.8) is 0 Å². The van der Waals surface area contributed by atoms with Crippen LogP contribution in [0, 0.1) is 5.92 Å². The lowest BCUT2D eigenvalue weighted by molar-refractivity contribution is -0.138. The van der Waals surface area contributed by atoms with E-state index in [9.17, 15) is 4.79 Å². The van der Waals surface area contributed by atoms with Crippen LogP contribution in [0.4, 0.5) is 0 Å². The van der Waals surface area contributed by atoms with Crippen molar-refractivity contribution >= 4 is 5.91 Å². The van der Waals surface area contributed by atoms with Gasteiger partial charge in [-0.3, -0.25) is 9.69 Å². The molecular weight excluding hydrogens is 312 g/mol. The molecule has 2 aliphatic rings. The number of nitrogens with zero attached hydrogens (tertiary/aromatic N) is 2. The highest BCUT2D eigenvalue weighted by molar-refractivity contribution is 5.80. The second kappa shape index (κ2) is 7.28. The van der Waals surface area contributed by atoms with E-state index in [1.807, 2.05) is 29.2 Å². The minimum absolute atomic E-state index is 0.0458. The maximum Gasteiger partial charge on any atom is 0.229 e. The Morgan fingerprint density at radius 1 is 0.960 bits per heavy atom. The number of para-hydroxylation sites is 1. The summed E-state index contributed by atoms with van der Waals surface area (Å²) in [5, 5.41) is 0. The van der Waals surface area contributed by atoms with Gasteiger partial charge in [-0.1, -0.05) is 48.5 Å². The number of fused-ring (bicyclic) bond motifs is 1. The Labute approximate surface area is 149 Å². The van der Waals surface area contributed by atoms with E-state index >= 15 is 0 Å². The molecule has 2 aliphatic heterocycles. The number of carbonyl (C=O) groups is 1. The smallest absolute Gasteiger partial charge is 0.229 e. The van der Waals surface area contributed by atoms with Crippen molar-refractivity contribution in [3.8, 4) is 5.75 Å². The van der Waals surface area contributed by atoms with Crippen LogP contribution in [0.3, 0.4) is 0 Å². The molecule has 0 N–H and O–H groups in total. The summed E-state index contributed by atoms with van der Waals surface area (Å²) in [7, 11) is 0.